The van der Waals surface area contributed by atoms with E-state index in [1.54, 1.807) is 45.4 Å². The van der Waals surface area contributed by atoms with Crippen molar-refractivity contribution in [2.45, 2.75) is 31.1 Å². The van der Waals surface area contributed by atoms with Gasteiger partial charge in [-0.3, -0.25) is 4.79 Å². The standard InChI is InChI=1S/C21H28N2O5S/c1-4-23-29(25,26)18-9-5-16(6-10-18)8-12-21(24)22-14-13-17-7-11-19(27-2)20(15-17)28-3/h5-7,9-11,15,23H,4,8,12-14H2,1-3H3,(H,22,24). The lowest BCUT2D eigenvalue weighted by atomic mass is 10.1. The average Bonchev–Trinajstić information content (AvgIpc) is 2.72. The van der Waals surface area contributed by atoms with Gasteiger partial charge in [-0.2, -0.15) is 0 Å². The monoisotopic (exact) mass is 420 g/mol. The smallest absolute Gasteiger partial charge is 0.240 e. The van der Waals surface area contributed by atoms with Crippen LogP contribution in [0.25, 0.3) is 0 Å². The Morgan fingerprint density at radius 1 is 0.931 bits per heavy atom. The fraction of sp³-hybridized carbons (Fsp3) is 0.381. The first kappa shape index (κ1) is 22.7. The van der Waals surface area contributed by atoms with Crippen molar-refractivity contribution in [2.75, 3.05) is 27.3 Å². The molecule has 2 aromatic carbocycles. The van der Waals surface area contributed by atoms with Crippen molar-refractivity contribution in [3.8, 4) is 11.5 Å². The molecule has 0 saturated heterocycles. The van der Waals surface area contributed by atoms with E-state index in [1.807, 2.05) is 18.2 Å². The van der Waals surface area contributed by atoms with Gasteiger partial charge in [-0.05, 0) is 48.2 Å². The molecule has 0 heterocycles. The second-order valence-corrected chi connectivity index (χ2v) is 8.20. The summed E-state index contributed by atoms with van der Waals surface area (Å²) in [5.41, 5.74) is 1.95. The van der Waals surface area contributed by atoms with Crippen LogP contribution < -0.4 is 19.5 Å². The number of benzene rings is 2. The molecule has 0 fully saturated rings. The molecular weight excluding hydrogens is 392 g/mol. The van der Waals surface area contributed by atoms with Crippen LogP contribution in [0.2, 0.25) is 0 Å². The Morgan fingerprint density at radius 2 is 1.59 bits per heavy atom. The molecule has 0 saturated carbocycles. The van der Waals surface area contributed by atoms with Crippen molar-refractivity contribution in [3.05, 3.63) is 53.6 Å². The summed E-state index contributed by atoms with van der Waals surface area (Å²) in [4.78, 5) is 12.3. The van der Waals surface area contributed by atoms with Gasteiger partial charge in [0.15, 0.2) is 11.5 Å². The van der Waals surface area contributed by atoms with E-state index in [-0.39, 0.29) is 10.8 Å². The van der Waals surface area contributed by atoms with E-state index in [2.05, 4.69) is 10.0 Å². The Kier molecular flexibility index (Phi) is 8.48. The van der Waals surface area contributed by atoms with Gasteiger partial charge in [0.1, 0.15) is 0 Å². The van der Waals surface area contributed by atoms with Crippen LogP contribution in [-0.4, -0.2) is 41.6 Å². The van der Waals surface area contributed by atoms with Crippen LogP contribution in [0, 0.1) is 0 Å². The zero-order valence-corrected chi connectivity index (χ0v) is 17.8. The van der Waals surface area contributed by atoms with Crippen LogP contribution in [0.4, 0.5) is 0 Å². The van der Waals surface area contributed by atoms with Gasteiger partial charge in [-0.25, -0.2) is 13.1 Å². The molecule has 2 rings (SSSR count). The lowest BCUT2D eigenvalue weighted by molar-refractivity contribution is -0.121. The number of amides is 1. The third-order valence-corrected chi connectivity index (χ3v) is 5.95. The van der Waals surface area contributed by atoms with E-state index < -0.39 is 10.0 Å². The number of hydrogen-bond acceptors (Lipinski definition) is 5. The summed E-state index contributed by atoms with van der Waals surface area (Å²) in [6.45, 7) is 2.59. The Labute approximate surface area is 172 Å². The van der Waals surface area contributed by atoms with E-state index in [9.17, 15) is 13.2 Å². The second-order valence-electron chi connectivity index (χ2n) is 6.43. The Morgan fingerprint density at radius 3 is 2.21 bits per heavy atom. The van der Waals surface area contributed by atoms with Crippen LogP contribution >= 0.6 is 0 Å². The zero-order chi connectivity index (χ0) is 21.3. The van der Waals surface area contributed by atoms with Crippen molar-refractivity contribution in [2.24, 2.45) is 0 Å². The molecular formula is C21H28N2O5S. The quantitative estimate of drug-likeness (QED) is 0.582. The van der Waals surface area contributed by atoms with Crippen LogP contribution in [0.15, 0.2) is 47.4 Å². The summed E-state index contributed by atoms with van der Waals surface area (Å²) in [5, 5.41) is 2.90. The number of rotatable bonds is 11. The number of sulfonamides is 1. The van der Waals surface area contributed by atoms with Crippen molar-refractivity contribution in [1.82, 2.24) is 10.0 Å². The molecule has 0 unspecified atom stereocenters. The fourth-order valence-electron chi connectivity index (χ4n) is 2.84. The van der Waals surface area contributed by atoms with E-state index in [1.165, 1.54) is 0 Å². The minimum atomic E-state index is -3.45. The first-order valence-electron chi connectivity index (χ1n) is 9.45. The van der Waals surface area contributed by atoms with E-state index >= 15 is 0 Å². The van der Waals surface area contributed by atoms with Gasteiger partial charge >= 0.3 is 0 Å². The topological polar surface area (TPSA) is 93.7 Å². The molecule has 7 nitrogen and oxygen atoms in total. The predicted octanol–water partition coefficient (Wildman–Crippen LogP) is 2.29. The molecule has 2 N–H and O–H groups in total. The SMILES string of the molecule is CCNS(=O)(=O)c1ccc(CCC(=O)NCCc2ccc(OC)c(OC)c2)cc1. The van der Waals surface area contributed by atoms with Gasteiger partial charge < -0.3 is 14.8 Å². The normalized spacial score (nSPS) is 11.1. The third-order valence-electron chi connectivity index (χ3n) is 4.39. The van der Waals surface area contributed by atoms with Gasteiger partial charge in [0.05, 0.1) is 19.1 Å². The molecule has 2 aromatic rings. The summed E-state index contributed by atoms with van der Waals surface area (Å²) in [5.74, 6) is 1.29. The summed E-state index contributed by atoms with van der Waals surface area (Å²) >= 11 is 0. The Bertz CT molecular complexity index is 911. The summed E-state index contributed by atoms with van der Waals surface area (Å²) in [6, 6.07) is 12.3. The second kappa shape index (κ2) is 10.8. The number of hydrogen-bond donors (Lipinski definition) is 2. The first-order chi connectivity index (χ1) is 13.9. The minimum Gasteiger partial charge on any atom is -0.493 e. The highest BCUT2D eigenvalue weighted by molar-refractivity contribution is 7.89. The highest BCUT2D eigenvalue weighted by atomic mass is 32.2. The number of nitrogens with one attached hydrogen (secondary N) is 2. The van der Waals surface area contributed by atoms with Crippen molar-refractivity contribution in [1.29, 1.82) is 0 Å². The Balaban J connectivity index is 1.79. The summed E-state index contributed by atoms with van der Waals surface area (Å²) < 4.78 is 36.8. The lowest BCUT2D eigenvalue weighted by Crippen LogP contribution is -2.26. The maximum atomic E-state index is 12.1. The maximum absolute atomic E-state index is 12.1. The van der Waals surface area contributed by atoms with Crippen LogP contribution in [0.1, 0.15) is 24.5 Å². The van der Waals surface area contributed by atoms with E-state index in [0.29, 0.717) is 43.9 Å². The molecule has 0 aromatic heterocycles. The largest absolute Gasteiger partial charge is 0.493 e. The average molecular weight is 421 g/mol. The molecule has 29 heavy (non-hydrogen) atoms. The number of carbonyl (C=O) groups excluding carboxylic acids is 1. The van der Waals surface area contributed by atoms with Crippen molar-refractivity contribution >= 4 is 15.9 Å². The highest BCUT2D eigenvalue weighted by Crippen LogP contribution is 2.27. The summed E-state index contributed by atoms with van der Waals surface area (Å²) in [6.07, 6.45) is 1.57. The molecule has 158 valence electrons. The first-order valence-corrected chi connectivity index (χ1v) is 10.9. The lowest BCUT2D eigenvalue weighted by Gasteiger charge is -2.10. The van der Waals surface area contributed by atoms with Gasteiger partial charge in [-0.1, -0.05) is 25.1 Å². The molecule has 0 bridgehead atoms. The number of methoxy groups -OCH3 is 2. The highest BCUT2D eigenvalue weighted by Gasteiger charge is 2.12. The zero-order valence-electron chi connectivity index (χ0n) is 17.0. The molecule has 8 heteroatoms. The van der Waals surface area contributed by atoms with Crippen molar-refractivity contribution < 1.29 is 22.7 Å². The van der Waals surface area contributed by atoms with Crippen LogP contribution in [-0.2, 0) is 27.7 Å². The molecule has 0 aliphatic carbocycles. The molecule has 0 aliphatic rings. The molecule has 0 spiro atoms. The number of ether oxygens (including phenoxy) is 2. The van der Waals surface area contributed by atoms with Gasteiger partial charge in [0.2, 0.25) is 15.9 Å². The Hall–Kier alpha value is -2.58. The molecule has 0 atom stereocenters. The van der Waals surface area contributed by atoms with Gasteiger partial charge in [0.25, 0.3) is 0 Å². The van der Waals surface area contributed by atoms with E-state index in [4.69, 9.17) is 9.47 Å². The van der Waals surface area contributed by atoms with Crippen molar-refractivity contribution in [3.63, 3.8) is 0 Å². The minimum absolute atomic E-state index is 0.0465. The van der Waals surface area contributed by atoms with Crippen LogP contribution in [0.3, 0.4) is 0 Å². The van der Waals surface area contributed by atoms with E-state index in [0.717, 1.165) is 11.1 Å². The molecule has 0 radical (unpaired) electrons. The number of aryl methyl sites for hydroxylation is 1. The molecule has 0 aliphatic heterocycles. The maximum Gasteiger partial charge on any atom is 0.240 e. The molecule has 1 amide bonds. The summed E-state index contributed by atoms with van der Waals surface area (Å²) in [7, 11) is -0.274. The van der Waals surface area contributed by atoms with Crippen LogP contribution in [0.5, 0.6) is 11.5 Å². The third kappa shape index (κ3) is 6.76. The van der Waals surface area contributed by atoms with Gasteiger partial charge in [0, 0.05) is 19.5 Å². The fourth-order valence-corrected chi connectivity index (χ4v) is 3.88. The van der Waals surface area contributed by atoms with Gasteiger partial charge in [-0.15, -0.1) is 0 Å². The number of carbonyl (C=O) groups is 1. The predicted molar refractivity (Wildman–Crippen MR) is 112 cm³/mol.